The van der Waals surface area contributed by atoms with E-state index in [0.29, 0.717) is 12.8 Å². The van der Waals surface area contributed by atoms with Crippen molar-refractivity contribution >= 4 is 33.2 Å². The molecule has 0 aromatic heterocycles. The number of halogens is 1. The topological polar surface area (TPSA) is 41.9 Å². The zero-order valence-electron chi connectivity index (χ0n) is 16.5. The Kier molecular flexibility index (Phi) is 7.19. The zero-order chi connectivity index (χ0) is 20.6. The van der Waals surface area contributed by atoms with Crippen molar-refractivity contribution in [3.8, 4) is 5.75 Å². The van der Waals surface area contributed by atoms with Crippen molar-refractivity contribution in [3.05, 3.63) is 94.5 Å². The Bertz CT molecular complexity index is 985. The van der Waals surface area contributed by atoms with Crippen LogP contribution < -0.4 is 9.75 Å². The van der Waals surface area contributed by atoms with Crippen LogP contribution in [0.2, 0.25) is 0 Å². The van der Waals surface area contributed by atoms with Gasteiger partial charge in [-0.15, -0.1) is 0 Å². The van der Waals surface area contributed by atoms with Crippen LogP contribution in [0.1, 0.15) is 24.5 Å². The molecular formula is C24H23BrN2O2. The molecule has 148 valence electrons. The van der Waals surface area contributed by atoms with Crippen molar-refractivity contribution in [2.45, 2.75) is 19.8 Å². The van der Waals surface area contributed by atoms with Crippen molar-refractivity contribution in [3.63, 3.8) is 0 Å². The summed E-state index contributed by atoms with van der Waals surface area (Å²) in [6, 6.07) is 25.5. The molecule has 4 nitrogen and oxygen atoms in total. The summed E-state index contributed by atoms with van der Waals surface area (Å²) in [7, 11) is 1.64. The van der Waals surface area contributed by atoms with E-state index >= 15 is 0 Å². The molecule has 0 heterocycles. The Morgan fingerprint density at radius 2 is 1.62 bits per heavy atom. The highest BCUT2D eigenvalue weighted by Gasteiger charge is 2.18. The first-order valence-corrected chi connectivity index (χ1v) is 10.2. The minimum absolute atomic E-state index is 0.0732. The van der Waals surface area contributed by atoms with Crippen molar-refractivity contribution in [1.82, 2.24) is 0 Å². The van der Waals surface area contributed by atoms with Gasteiger partial charge in [0.05, 0.1) is 18.5 Å². The van der Waals surface area contributed by atoms with Crippen molar-refractivity contribution < 1.29 is 9.53 Å². The first-order valence-electron chi connectivity index (χ1n) is 9.45. The van der Waals surface area contributed by atoms with E-state index in [1.807, 2.05) is 73.7 Å². The SMILES string of the molecule is CCC(=O)N(/N=C(\Cc1ccccc1)c1ccc(OC)cc1)c1ccccc1Br. The van der Waals surface area contributed by atoms with E-state index in [-0.39, 0.29) is 5.91 Å². The monoisotopic (exact) mass is 450 g/mol. The molecule has 0 radical (unpaired) electrons. The van der Waals surface area contributed by atoms with Crippen LogP contribution >= 0.6 is 15.9 Å². The first kappa shape index (κ1) is 20.8. The average molecular weight is 451 g/mol. The Morgan fingerprint density at radius 1 is 0.966 bits per heavy atom. The third-order valence-corrected chi connectivity index (χ3v) is 5.15. The summed E-state index contributed by atoms with van der Waals surface area (Å²) in [5.74, 6) is 0.705. The number of methoxy groups -OCH3 is 1. The van der Waals surface area contributed by atoms with Crippen LogP contribution in [0.3, 0.4) is 0 Å². The Hall–Kier alpha value is -2.92. The van der Waals surface area contributed by atoms with Crippen molar-refractivity contribution in [2.75, 3.05) is 12.1 Å². The fraction of sp³-hybridized carbons (Fsp3) is 0.167. The number of nitrogens with zero attached hydrogens (tertiary/aromatic N) is 2. The van der Waals surface area contributed by atoms with Crippen LogP contribution in [0.15, 0.2) is 88.4 Å². The summed E-state index contributed by atoms with van der Waals surface area (Å²) >= 11 is 3.55. The fourth-order valence-electron chi connectivity index (χ4n) is 2.91. The quantitative estimate of drug-likeness (QED) is 0.334. The van der Waals surface area contributed by atoms with E-state index in [1.54, 1.807) is 7.11 Å². The molecule has 0 aliphatic rings. The van der Waals surface area contributed by atoms with Crippen LogP contribution in [0, 0.1) is 0 Å². The summed E-state index contributed by atoms with van der Waals surface area (Å²) in [5, 5.41) is 6.32. The van der Waals surface area contributed by atoms with E-state index in [2.05, 4.69) is 28.1 Å². The van der Waals surface area contributed by atoms with E-state index < -0.39 is 0 Å². The number of carbonyl (C=O) groups excluding carboxylic acids is 1. The number of para-hydroxylation sites is 1. The van der Waals surface area contributed by atoms with Crippen LogP contribution in [-0.2, 0) is 11.2 Å². The van der Waals surface area contributed by atoms with Gasteiger partial charge < -0.3 is 4.74 Å². The van der Waals surface area contributed by atoms with Gasteiger partial charge in [-0.25, -0.2) is 0 Å². The molecule has 0 saturated heterocycles. The van der Waals surface area contributed by atoms with Gasteiger partial charge in [-0.05, 0) is 63.5 Å². The molecule has 3 aromatic carbocycles. The summed E-state index contributed by atoms with van der Waals surface area (Å²) in [5.41, 5.74) is 3.59. The predicted octanol–water partition coefficient (Wildman–Crippen LogP) is 5.85. The number of hydrogen-bond acceptors (Lipinski definition) is 3. The fourth-order valence-corrected chi connectivity index (χ4v) is 3.36. The lowest BCUT2D eigenvalue weighted by Crippen LogP contribution is -2.27. The van der Waals surface area contributed by atoms with Gasteiger partial charge in [-0.3, -0.25) is 4.79 Å². The maximum absolute atomic E-state index is 12.8. The molecule has 0 fully saturated rings. The van der Waals surface area contributed by atoms with E-state index in [0.717, 1.165) is 32.7 Å². The van der Waals surface area contributed by atoms with Gasteiger partial charge >= 0.3 is 0 Å². The molecule has 0 N–H and O–H groups in total. The van der Waals surface area contributed by atoms with Crippen LogP contribution in [-0.4, -0.2) is 18.7 Å². The standard InChI is InChI=1S/C24H23BrN2O2/c1-3-24(28)27(23-12-8-7-11-21(23)25)26-22(17-18-9-5-4-6-10-18)19-13-15-20(29-2)16-14-19/h4-16H,3,17H2,1-2H3/b26-22+. The molecular weight excluding hydrogens is 428 g/mol. The van der Waals surface area contributed by atoms with Gasteiger partial charge in [-0.2, -0.15) is 10.1 Å². The summed E-state index contributed by atoms with van der Waals surface area (Å²) in [4.78, 5) is 12.8. The maximum atomic E-state index is 12.8. The lowest BCUT2D eigenvalue weighted by atomic mass is 10.0. The van der Waals surface area contributed by atoms with Gasteiger partial charge in [-0.1, -0.05) is 49.4 Å². The van der Waals surface area contributed by atoms with E-state index in [4.69, 9.17) is 9.84 Å². The van der Waals surface area contributed by atoms with Crippen molar-refractivity contribution in [1.29, 1.82) is 0 Å². The number of amides is 1. The molecule has 0 atom stereocenters. The Morgan fingerprint density at radius 3 is 2.24 bits per heavy atom. The van der Waals surface area contributed by atoms with Gasteiger partial charge in [0.1, 0.15) is 5.75 Å². The molecule has 0 unspecified atom stereocenters. The van der Waals surface area contributed by atoms with E-state index in [1.165, 1.54) is 5.01 Å². The molecule has 0 aliphatic carbocycles. The number of ether oxygens (including phenoxy) is 1. The lowest BCUT2D eigenvalue weighted by Gasteiger charge is -2.20. The highest BCUT2D eigenvalue weighted by molar-refractivity contribution is 9.10. The third kappa shape index (κ3) is 5.33. The number of carbonyl (C=O) groups is 1. The zero-order valence-corrected chi connectivity index (χ0v) is 18.1. The summed E-state index contributed by atoms with van der Waals surface area (Å²) < 4.78 is 6.10. The number of hydrogen-bond donors (Lipinski definition) is 0. The number of hydrazone groups is 1. The largest absolute Gasteiger partial charge is 0.497 e. The lowest BCUT2D eigenvalue weighted by molar-refractivity contribution is -0.118. The second-order valence-corrected chi connectivity index (χ2v) is 7.30. The minimum Gasteiger partial charge on any atom is -0.497 e. The first-order chi connectivity index (χ1) is 14.1. The van der Waals surface area contributed by atoms with Crippen molar-refractivity contribution in [2.24, 2.45) is 5.10 Å². The minimum atomic E-state index is -0.0732. The number of benzene rings is 3. The number of rotatable bonds is 7. The molecule has 0 spiro atoms. The highest BCUT2D eigenvalue weighted by Crippen LogP contribution is 2.27. The highest BCUT2D eigenvalue weighted by atomic mass is 79.9. The molecule has 29 heavy (non-hydrogen) atoms. The molecule has 3 aromatic rings. The van der Waals surface area contributed by atoms with Crippen LogP contribution in [0.25, 0.3) is 0 Å². The predicted molar refractivity (Wildman–Crippen MR) is 122 cm³/mol. The van der Waals surface area contributed by atoms with Gasteiger partial charge in [0.2, 0.25) is 5.91 Å². The third-order valence-electron chi connectivity index (χ3n) is 4.48. The van der Waals surface area contributed by atoms with Gasteiger partial charge in [0.25, 0.3) is 0 Å². The molecule has 5 heteroatoms. The average Bonchev–Trinajstić information content (AvgIpc) is 2.77. The van der Waals surface area contributed by atoms with Crippen LogP contribution in [0.5, 0.6) is 5.75 Å². The molecule has 0 aliphatic heterocycles. The molecule has 1 amide bonds. The second kappa shape index (κ2) is 10.0. The smallest absolute Gasteiger partial charge is 0.247 e. The van der Waals surface area contributed by atoms with E-state index in [9.17, 15) is 4.79 Å². The Balaban J connectivity index is 2.09. The van der Waals surface area contributed by atoms with Crippen LogP contribution in [0.4, 0.5) is 5.69 Å². The summed E-state index contributed by atoms with van der Waals surface area (Å²) in [6.45, 7) is 1.84. The molecule has 0 saturated carbocycles. The maximum Gasteiger partial charge on any atom is 0.247 e. The Labute approximate surface area is 180 Å². The van der Waals surface area contributed by atoms with Gasteiger partial charge in [0, 0.05) is 17.3 Å². The second-order valence-electron chi connectivity index (χ2n) is 6.45. The normalized spacial score (nSPS) is 11.2. The number of anilines is 1. The molecule has 3 rings (SSSR count). The molecule has 0 bridgehead atoms. The van der Waals surface area contributed by atoms with Gasteiger partial charge in [0.15, 0.2) is 0 Å². The summed E-state index contributed by atoms with van der Waals surface area (Å²) in [6.07, 6.45) is 0.956.